The van der Waals surface area contributed by atoms with Crippen molar-refractivity contribution in [1.82, 2.24) is 0 Å². The number of hydrogen-bond acceptors (Lipinski definition) is 2. The van der Waals surface area contributed by atoms with Crippen LogP contribution in [0.5, 0.6) is 0 Å². The van der Waals surface area contributed by atoms with Crippen LogP contribution < -0.4 is 0 Å². The summed E-state index contributed by atoms with van der Waals surface area (Å²) >= 11 is 0. The molecule has 0 atom stereocenters. The lowest BCUT2D eigenvalue weighted by Crippen LogP contribution is -2.10. The van der Waals surface area contributed by atoms with Gasteiger partial charge in [0.15, 0.2) is 0 Å². The quantitative estimate of drug-likeness (QED) is 0.527. The minimum atomic E-state index is -0.184. The Morgan fingerprint density at radius 1 is 0.963 bits per heavy atom. The van der Waals surface area contributed by atoms with Gasteiger partial charge < -0.3 is 0 Å². The zero-order valence-electron chi connectivity index (χ0n) is 15.7. The van der Waals surface area contributed by atoms with Gasteiger partial charge in [0.05, 0.1) is 11.4 Å². The first-order chi connectivity index (χ1) is 13.0. The van der Waals surface area contributed by atoms with Crippen molar-refractivity contribution in [2.24, 2.45) is 10.4 Å². The van der Waals surface area contributed by atoms with Crippen molar-refractivity contribution in [3.05, 3.63) is 95.7 Å². The molecule has 0 fully saturated rings. The Balaban J connectivity index is 1.81. The molecule has 1 N–H and O–H groups in total. The molecule has 1 aliphatic rings. The molecule has 0 radical (unpaired) electrons. The zero-order chi connectivity index (χ0) is 19.0. The van der Waals surface area contributed by atoms with E-state index in [9.17, 15) is 0 Å². The van der Waals surface area contributed by atoms with Crippen molar-refractivity contribution in [3.63, 3.8) is 0 Å². The summed E-state index contributed by atoms with van der Waals surface area (Å²) < 4.78 is 0. The molecule has 0 saturated carbocycles. The van der Waals surface area contributed by atoms with E-state index in [1.807, 2.05) is 18.2 Å². The van der Waals surface area contributed by atoms with Crippen LogP contribution in [0.2, 0.25) is 0 Å². The molecule has 0 amide bonds. The van der Waals surface area contributed by atoms with Crippen LogP contribution in [0.1, 0.15) is 19.4 Å². The number of allylic oxidation sites excluding steroid dienone is 3. The molecular formula is C25H22N2. The molecular weight excluding hydrogens is 328 g/mol. The van der Waals surface area contributed by atoms with Gasteiger partial charge in [0.1, 0.15) is 0 Å². The second-order valence-corrected chi connectivity index (χ2v) is 7.46. The van der Waals surface area contributed by atoms with Crippen molar-refractivity contribution < 1.29 is 0 Å². The van der Waals surface area contributed by atoms with Gasteiger partial charge in [-0.15, -0.1) is 0 Å². The highest BCUT2D eigenvalue weighted by molar-refractivity contribution is 6.14. The highest BCUT2D eigenvalue weighted by Crippen LogP contribution is 2.38. The fourth-order valence-electron chi connectivity index (χ4n) is 3.76. The molecule has 27 heavy (non-hydrogen) atoms. The molecule has 0 aliphatic heterocycles. The minimum absolute atomic E-state index is 0.184. The summed E-state index contributed by atoms with van der Waals surface area (Å²) in [6, 6.07) is 23.0. The summed E-state index contributed by atoms with van der Waals surface area (Å²) in [5, 5.41) is 11.2. The van der Waals surface area contributed by atoms with Crippen LogP contribution >= 0.6 is 0 Å². The third-order valence-electron chi connectivity index (χ3n) is 5.21. The fraction of sp³-hybridized carbons (Fsp3) is 0.120. The molecule has 3 aromatic rings. The Bertz CT molecular complexity index is 1120. The SMILES string of the molecule is C=NC1=C(C(=N)c2cccc(-c3cccc4ccccc34)c2)C=CC1(C)C. The van der Waals surface area contributed by atoms with Gasteiger partial charge in [-0.2, -0.15) is 0 Å². The highest BCUT2D eigenvalue weighted by atomic mass is 14.8. The van der Waals surface area contributed by atoms with Gasteiger partial charge in [0.25, 0.3) is 0 Å². The maximum absolute atomic E-state index is 8.76. The molecule has 0 bridgehead atoms. The number of hydrogen-bond donors (Lipinski definition) is 1. The Morgan fingerprint density at radius 2 is 1.70 bits per heavy atom. The molecule has 4 rings (SSSR count). The Hall–Kier alpha value is -3.26. The average molecular weight is 350 g/mol. The average Bonchev–Trinajstić information content (AvgIpc) is 3.01. The molecule has 0 saturated heterocycles. The zero-order valence-corrected chi connectivity index (χ0v) is 15.7. The number of nitrogens with zero attached hydrogens (tertiary/aromatic N) is 1. The maximum Gasteiger partial charge on any atom is 0.0703 e. The first-order valence-corrected chi connectivity index (χ1v) is 9.09. The fourth-order valence-corrected chi connectivity index (χ4v) is 3.76. The monoisotopic (exact) mass is 350 g/mol. The van der Waals surface area contributed by atoms with Gasteiger partial charge in [-0.1, -0.05) is 86.7 Å². The number of fused-ring (bicyclic) bond motifs is 1. The summed E-state index contributed by atoms with van der Waals surface area (Å²) in [6.07, 6.45) is 4.09. The van der Waals surface area contributed by atoms with Gasteiger partial charge in [0.2, 0.25) is 0 Å². The van der Waals surface area contributed by atoms with E-state index < -0.39 is 0 Å². The van der Waals surface area contributed by atoms with Gasteiger partial charge in [-0.3, -0.25) is 10.4 Å². The third-order valence-corrected chi connectivity index (χ3v) is 5.21. The van der Waals surface area contributed by atoms with E-state index in [-0.39, 0.29) is 5.41 Å². The molecule has 0 unspecified atom stereocenters. The van der Waals surface area contributed by atoms with E-state index in [4.69, 9.17) is 5.41 Å². The summed E-state index contributed by atoms with van der Waals surface area (Å²) in [5.41, 5.74) is 5.20. The molecule has 3 aromatic carbocycles. The van der Waals surface area contributed by atoms with Crippen LogP contribution in [0.15, 0.2) is 95.1 Å². The van der Waals surface area contributed by atoms with Gasteiger partial charge in [0, 0.05) is 16.6 Å². The van der Waals surface area contributed by atoms with Gasteiger partial charge >= 0.3 is 0 Å². The number of aliphatic imine (C=N–C) groups is 1. The number of benzene rings is 3. The van der Waals surface area contributed by atoms with Crippen molar-refractivity contribution in [2.75, 3.05) is 0 Å². The van der Waals surface area contributed by atoms with Crippen molar-refractivity contribution in [2.45, 2.75) is 13.8 Å². The van der Waals surface area contributed by atoms with Crippen LogP contribution in [0.4, 0.5) is 0 Å². The summed E-state index contributed by atoms with van der Waals surface area (Å²) in [6.45, 7) is 7.91. The lowest BCUT2D eigenvalue weighted by Gasteiger charge is -2.18. The van der Waals surface area contributed by atoms with Crippen LogP contribution in [0.3, 0.4) is 0 Å². The summed E-state index contributed by atoms with van der Waals surface area (Å²) in [4.78, 5) is 4.22. The van der Waals surface area contributed by atoms with Crippen LogP contribution in [0, 0.1) is 10.8 Å². The molecule has 1 aliphatic carbocycles. The number of rotatable bonds is 4. The molecule has 0 spiro atoms. The van der Waals surface area contributed by atoms with E-state index in [1.54, 1.807) is 0 Å². The van der Waals surface area contributed by atoms with Crippen molar-refractivity contribution in [1.29, 1.82) is 5.41 Å². The highest BCUT2D eigenvalue weighted by Gasteiger charge is 2.29. The molecule has 2 nitrogen and oxygen atoms in total. The first-order valence-electron chi connectivity index (χ1n) is 9.09. The Labute approximate surface area is 160 Å². The third kappa shape index (κ3) is 2.93. The van der Waals surface area contributed by atoms with E-state index in [1.165, 1.54) is 16.3 Å². The second-order valence-electron chi connectivity index (χ2n) is 7.46. The van der Waals surface area contributed by atoms with E-state index in [0.717, 1.165) is 22.4 Å². The van der Waals surface area contributed by atoms with Gasteiger partial charge in [-0.25, -0.2) is 0 Å². The van der Waals surface area contributed by atoms with Crippen LogP contribution in [-0.4, -0.2) is 12.4 Å². The summed E-state index contributed by atoms with van der Waals surface area (Å²) in [5.74, 6) is 0. The van der Waals surface area contributed by atoms with Crippen molar-refractivity contribution >= 4 is 23.2 Å². The van der Waals surface area contributed by atoms with Crippen molar-refractivity contribution in [3.8, 4) is 11.1 Å². The number of nitrogens with one attached hydrogen (secondary N) is 1. The second kappa shape index (κ2) is 6.48. The lowest BCUT2D eigenvalue weighted by atomic mass is 9.90. The predicted molar refractivity (Wildman–Crippen MR) is 116 cm³/mol. The smallest absolute Gasteiger partial charge is 0.0703 e. The normalized spacial score (nSPS) is 15.3. The lowest BCUT2D eigenvalue weighted by molar-refractivity contribution is 0.584. The molecule has 2 heteroatoms. The maximum atomic E-state index is 8.76. The van der Waals surface area contributed by atoms with Gasteiger partial charge in [-0.05, 0) is 34.7 Å². The van der Waals surface area contributed by atoms with Crippen LogP contribution in [-0.2, 0) is 0 Å². The predicted octanol–water partition coefficient (Wildman–Crippen LogP) is 6.43. The topological polar surface area (TPSA) is 36.2 Å². The van der Waals surface area contributed by atoms with E-state index in [2.05, 4.69) is 86.2 Å². The summed E-state index contributed by atoms with van der Waals surface area (Å²) in [7, 11) is 0. The van der Waals surface area contributed by atoms with E-state index >= 15 is 0 Å². The first kappa shape index (κ1) is 17.2. The Morgan fingerprint density at radius 3 is 2.52 bits per heavy atom. The van der Waals surface area contributed by atoms with Crippen LogP contribution in [0.25, 0.3) is 21.9 Å². The van der Waals surface area contributed by atoms with E-state index in [0.29, 0.717) is 5.71 Å². The molecule has 0 heterocycles. The minimum Gasteiger partial charge on any atom is -0.300 e. The standard InChI is InChI=1S/C25H22N2/c1-25(2)15-14-22(24(25)27-3)23(26)19-11-6-10-18(16-19)21-13-7-9-17-8-4-5-12-20(17)21/h4-16,26H,3H2,1-2H3. The molecule has 0 aromatic heterocycles. The molecule has 132 valence electrons. The Kier molecular flexibility index (Phi) is 4.12. The largest absolute Gasteiger partial charge is 0.300 e.